The number of aromatic nitrogens is 5. The van der Waals surface area contributed by atoms with E-state index in [2.05, 4.69) is 29.1 Å². The summed E-state index contributed by atoms with van der Waals surface area (Å²) in [5.41, 5.74) is -0.429. The van der Waals surface area contributed by atoms with E-state index in [0.29, 0.717) is 16.7 Å². The van der Waals surface area contributed by atoms with Crippen LogP contribution in [0.4, 0.5) is 0 Å². The van der Waals surface area contributed by atoms with Crippen LogP contribution >= 0.6 is 23.2 Å². The second-order valence-electron chi connectivity index (χ2n) is 7.94. The zero-order valence-electron chi connectivity index (χ0n) is 18.0. The molecule has 3 N–H and O–H groups in total. The Kier molecular flexibility index (Phi) is 6.06. The smallest absolute Gasteiger partial charge is 0.370 e. The molecule has 0 spiro atoms. The van der Waals surface area contributed by atoms with E-state index in [0.717, 1.165) is 42.1 Å². The van der Waals surface area contributed by atoms with Gasteiger partial charge in [0.05, 0.1) is 15.7 Å². The van der Waals surface area contributed by atoms with E-state index in [1.54, 1.807) is 0 Å². The number of rotatable bonds is 5. The Morgan fingerprint density at radius 2 is 1.85 bits per heavy atom. The number of fused-ring (bicyclic) bond motifs is 1. The lowest BCUT2D eigenvalue weighted by Crippen LogP contribution is -2.44. The molecule has 0 radical (unpaired) electrons. The van der Waals surface area contributed by atoms with E-state index in [4.69, 9.17) is 33.8 Å². The summed E-state index contributed by atoms with van der Waals surface area (Å²) < 4.78 is 7.32. The Balaban J connectivity index is 1.79. The number of aromatic amines is 1. The lowest BCUT2D eigenvalue weighted by Gasteiger charge is -2.37. The summed E-state index contributed by atoms with van der Waals surface area (Å²) in [4.78, 5) is 36.5. The maximum Gasteiger partial charge on any atom is 0.370 e. The van der Waals surface area contributed by atoms with Gasteiger partial charge in [-0.05, 0) is 44.2 Å². The molecule has 1 aromatic carbocycles. The average Bonchev–Trinajstić information content (AvgIpc) is 2.80. The van der Waals surface area contributed by atoms with E-state index in [-0.39, 0.29) is 38.3 Å². The van der Waals surface area contributed by atoms with Crippen molar-refractivity contribution in [3.63, 3.8) is 0 Å². The van der Waals surface area contributed by atoms with Gasteiger partial charge in [0, 0.05) is 16.5 Å². The number of nitrogen functional groups attached to an aromatic ring is 1. The molecule has 0 bridgehead atoms. The molecule has 2 heterocycles. The number of hydrogen-bond acceptors (Lipinski definition) is 7. The number of nitrogens with zero attached hydrogens (tertiary/aromatic N) is 4. The first-order valence-corrected chi connectivity index (χ1v) is 11.2. The molecule has 0 unspecified atom stereocenters. The van der Waals surface area contributed by atoms with Gasteiger partial charge in [0.1, 0.15) is 6.20 Å². The van der Waals surface area contributed by atoms with Crippen LogP contribution in [0.3, 0.4) is 0 Å². The van der Waals surface area contributed by atoms with Crippen molar-refractivity contribution in [2.24, 2.45) is 0 Å². The first-order valence-electron chi connectivity index (χ1n) is 10.5. The maximum absolute atomic E-state index is 12.7. The summed E-state index contributed by atoms with van der Waals surface area (Å²) >= 11 is 12.9. The quantitative estimate of drug-likeness (QED) is 0.521. The molecular formula is C21H22Cl2N6O4. The second-order valence-corrected chi connectivity index (χ2v) is 8.75. The number of nitrogens with two attached hydrogens (primary N) is 1. The second kappa shape index (κ2) is 8.68. The molecule has 3 aromatic rings. The van der Waals surface area contributed by atoms with Crippen LogP contribution in [0, 0.1) is 0 Å². The molecule has 0 aliphatic heterocycles. The normalized spacial score (nSPS) is 14.7. The maximum atomic E-state index is 12.7. The van der Waals surface area contributed by atoms with Gasteiger partial charge < -0.3 is 10.6 Å². The Morgan fingerprint density at radius 1 is 1.18 bits per heavy atom. The Hall–Kier alpha value is -3.11. The van der Waals surface area contributed by atoms with E-state index >= 15 is 0 Å². The van der Waals surface area contributed by atoms with Crippen molar-refractivity contribution in [1.82, 2.24) is 24.7 Å². The molecule has 1 aliphatic rings. The molecule has 10 nitrogen and oxygen atoms in total. The minimum absolute atomic E-state index is 0.0794. The summed E-state index contributed by atoms with van der Waals surface area (Å²) in [5, 5.41) is 10.6. The third-order valence-corrected chi connectivity index (χ3v) is 6.91. The van der Waals surface area contributed by atoms with Crippen molar-refractivity contribution in [3.05, 3.63) is 70.7 Å². The van der Waals surface area contributed by atoms with Crippen LogP contribution in [0.15, 0.2) is 32.7 Å². The third-order valence-electron chi connectivity index (χ3n) is 6.35. The van der Waals surface area contributed by atoms with E-state index in [1.807, 2.05) is 0 Å². The van der Waals surface area contributed by atoms with Gasteiger partial charge in [0.2, 0.25) is 5.88 Å². The molecule has 0 amide bonds. The van der Waals surface area contributed by atoms with Crippen LogP contribution in [0.1, 0.15) is 50.7 Å². The van der Waals surface area contributed by atoms with Crippen LogP contribution < -0.4 is 27.4 Å². The lowest BCUT2D eigenvalue weighted by atomic mass is 9.67. The molecule has 0 atom stereocenters. The van der Waals surface area contributed by atoms with Gasteiger partial charge in [-0.3, -0.25) is 9.59 Å². The zero-order valence-corrected chi connectivity index (χ0v) is 19.5. The fourth-order valence-electron chi connectivity index (χ4n) is 4.49. The number of nitrogens with one attached hydrogen (secondary N) is 1. The van der Waals surface area contributed by atoms with Crippen LogP contribution in [-0.4, -0.2) is 24.7 Å². The van der Waals surface area contributed by atoms with Crippen LogP contribution in [0.5, 0.6) is 11.6 Å². The highest BCUT2D eigenvalue weighted by atomic mass is 35.5. The standard InChI is InChI=1S/C21H22Cl2N6O4/c1-3-21(4-2)7-5-6-12-16(21)18(31)26-27-19(12)33-17-13(22)8-11(9-14(17)23)29-20(32)28(24)15(30)10-25-29/h8-10H,3-7,24H2,1-2H3,(H,26,31). The van der Waals surface area contributed by atoms with Gasteiger partial charge in [-0.25, -0.2) is 9.89 Å². The predicted molar refractivity (Wildman–Crippen MR) is 124 cm³/mol. The highest BCUT2D eigenvalue weighted by Crippen LogP contribution is 2.45. The molecule has 2 aromatic heterocycles. The topological polar surface area (TPSA) is 138 Å². The molecule has 1 aliphatic carbocycles. The number of hydrogen-bond donors (Lipinski definition) is 2. The Bertz CT molecular complexity index is 1380. The largest absolute Gasteiger partial charge is 0.434 e. The summed E-state index contributed by atoms with van der Waals surface area (Å²) in [6, 6.07) is 2.81. The van der Waals surface area contributed by atoms with Crippen LogP contribution in [-0.2, 0) is 11.8 Å². The number of H-pyrrole nitrogens is 1. The van der Waals surface area contributed by atoms with E-state index < -0.39 is 11.2 Å². The molecule has 174 valence electrons. The average molecular weight is 493 g/mol. The number of halogens is 2. The number of benzene rings is 1. The van der Waals surface area contributed by atoms with Crippen molar-refractivity contribution in [1.29, 1.82) is 0 Å². The van der Waals surface area contributed by atoms with Crippen molar-refractivity contribution >= 4 is 23.2 Å². The van der Waals surface area contributed by atoms with Crippen molar-refractivity contribution in [2.75, 3.05) is 5.84 Å². The molecule has 33 heavy (non-hydrogen) atoms. The highest BCUT2D eigenvalue weighted by Gasteiger charge is 2.38. The van der Waals surface area contributed by atoms with Gasteiger partial charge in [-0.15, -0.1) is 5.10 Å². The fourth-order valence-corrected chi connectivity index (χ4v) is 5.04. The summed E-state index contributed by atoms with van der Waals surface area (Å²) in [6.45, 7) is 4.15. The van der Waals surface area contributed by atoms with Gasteiger partial charge in [-0.1, -0.05) is 37.0 Å². The molecule has 0 fully saturated rings. The van der Waals surface area contributed by atoms with E-state index in [9.17, 15) is 14.4 Å². The third kappa shape index (κ3) is 3.83. The zero-order chi connectivity index (χ0) is 23.9. The summed E-state index contributed by atoms with van der Waals surface area (Å²) in [6.07, 6.45) is 5.02. The van der Waals surface area contributed by atoms with Crippen LogP contribution in [0.2, 0.25) is 10.0 Å². The molecule has 12 heteroatoms. The first-order chi connectivity index (χ1) is 15.7. The Morgan fingerprint density at radius 3 is 2.48 bits per heavy atom. The molecule has 0 saturated heterocycles. The first kappa shape index (κ1) is 23.1. The highest BCUT2D eigenvalue weighted by molar-refractivity contribution is 6.37. The van der Waals surface area contributed by atoms with Crippen LogP contribution in [0.25, 0.3) is 5.69 Å². The van der Waals surface area contributed by atoms with E-state index in [1.165, 1.54) is 12.1 Å². The van der Waals surface area contributed by atoms with Crippen molar-refractivity contribution in [2.45, 2.75) is 51.4 Å². The minimum atomic E-state index is -0.866. The fraction of sp³-hybridized carbons (Fsp3) is 0.381. The van der Waals surface area contributed by atoms with Crippen molar-refractivity contribution < 1.29 is 4.74 Å². The molecule has 0 saturated carbocycles. The van der Waals surface area contributed by atoms with Gasteiger partial charge >= 0.3 is 5.69 Å². The summed E-state index contributed by atoms with van der Waals surface area (Å²) in [7, 11) is 0. The summed E-state index contributed by atoms with van der Waals surface area (Å²) in [5.74, 6) is 5.80. The SMILES string of the molecule is CCC1(CC)CCCc2c(Oc3c(Cl)cc(-n4ncc(=O)n(N)c4=O)cc3Cl)n[nH]c(=O)c21. The van der Waals surface area contributed by atoms with Gasteiger partial charge in [0.15, 0.2) is 5.75 Å². The van der Waals surface area contributed by atoms with Gasteiger partial charge in [-0.2, -0.15) is 14.5 Å². The Labute approximate surface area is 197 Å². The monoisotopic (exact) mass is 492 g/mol. The predicted octanol–water partition coefficient (Wildman–Crippen LogP) is 2.68. The van der Waals surface area contributed by atoms with Crippen molar-refractivity contribution in [3.8, 4) is 17.3 Å². The molecule has 4 rings (SSSR count). The lowest BCUT2D eigenvalue weighted by molar-refractivity contribution is 0.322. The number of ether oxygens (including phenoxy) is 1. The van der Waals surface area contributed by atoms with Gasteiger partial charge in [0.25, 0.3) is 11.1 Å². The minimum Gasteiger partial charge on any atom is -0.434 e. The molecular weight excluding hydrogens is 471 g/mol.